The third-order valence-corrected chi connectivity index (χ3v) is 3.01. The molecule has 0 aliphatic carbocycles. The second kappa shape index (κ2) is 9.12. The van der Waals surface area contributed by atoms with Crippen molar-refractivity contribution in [2.75, 3.05) is 19.6 Å². The van der Waals surface area contributed by atoms with E-state index in [0.29, 0.717) is 6.04 Å². The first-order chi connectivity index (χ1) is 8.72. The van der Waals surface area contributed by atoms with E-state index in [4.69, 9.17) is 0 Å². The number of hydrogen-bond donors (Lipinski definition) is 2. The molecule has 2 heteroatoms. The Bertz CT molecular complexity index is 303. The van der Waals surface area contributed by atoms with Crippen LogP contribution in [0.2, 0.25) is 0 Å². The van der Waals surface area contributed by atoms with Crippen LogP contribution in [0.3, 0.4) is 0 Å². The van der Waals surface area contributed by atoms with Crippen LogP contribution in [-0.4, -0.2) is 25.7 Å². The van der Waals surface area contributed by atoms with Gasteiger partial charge in [-0.3, -0.25) is 0 Å². The van der Waals surface area contributed by atoms with Gasteiger partial charge in [-0.25, -0.2) is 0 Å². The quantitative estimate of drug-likeness (QED) is 0.657. The average Bonchev–Trinajstić information content (AvgIpc) is 2.35. The van der Waals surface area contributed by atoms with Crippen molar-refractivity contribution < 1.29 is 0 Å². The van der Waals surface area contributed by atoms with E-state index in [1.807, 2.05) is 0 Å². The Morgan fingerprint density at radius 3 is 2.06 bits per heavy atom. The van der Waals surface area contributed by atoms with Gasteiger partial charge in [-0.15, -0.1) is 0 Å². The van der Waals surface area contributed by atoms with Crippen molar-refractivity contribution in [1.29, 1.82) is 0 Å². The summed E-state index contributed by atoms with van der Waals surface area (Å²) in [6.45, 7) is 9.74. The molecule has 0 radical (unpaired) electrons. The molecule has 0 aliphatic heterocycles. The van der Waals surface area contributed by atoms with Gasteiger partial charge in [0.2, 0.25) is 0 Å². The van der Waals surface area contributed by atoms with Crippen molar-refractivity contribution in [3.8, 4) is 0 Å². The molecule has 0 aliphatic rings. The number of benzene rings is 1. The van der Waals surface area contributed by atoms with Crippen LogP contribution in [0.4, 0.5) is 0 Å². The van der Waals surface area contributed by atoms with E-state index in [1.165, 1.54) is 24.0 Å². The van der Waals surface area contributed by atoms with Crippen molar-refractivity contribution in [2.45, 2.75) is 46.1 Å². The monoisotopic (exact) mass is 248 g/mol. The number of aryl methyl sites for hydroxylation is 1. The summed E-state index contributed by atoms with van der Waals surface area (Å²) in [6, 6.07) is 9.63. The topological polar surface area (TPSA) is 24.1 Å². The Kier molecular flexibility index (Phi) is 7.70. The maximum Gasteiger partial charge on any atom is 0.00790 e. The molecule has 0 heterocycles. The summed E-state index contributed by atoms with van der Waals surface area (Å²) >= 11 is 0. The molecule has 0 amide bonds. The normalized spacial score (nSPS) is 11.1. The Labute approximate surface area is 112 Å². The smallest absolute Gasteiger partial charge is 0.00790 e. The lowest BCUT2D eigenvalue weighted by Crippen LogP contribution is -2.32. The summed E-state index contributed by atoms with van der Waals surface area (Å²) in [6.07, 6.45) is 3.54. The second-order valence-corrected chi connectivity index (χ2v) is 5.18. The minimum absolute atomic E-state index is 0.581. The molecule has 102 valence electrons. The zero-order valence-corrected chi connectivity index (χ0v) is 12.1. The zero-order valence-electron chi connectivity index (χ0n) is 12.1. The molecule has 0 atom stereocenters. The van der Waals surface area contributed by atoms with E-state index < -0.39 is 0 Å². The second-order valence-electron chi connectivity index (χ2n) is 5.18. The molecule has 2 N–H and O–H groups in total. The van der Waals surface area contributed by atoms with Crippen LogP contribution in [0.15, 0.2) is 24.3 Å². The third kappa shape index (κ3) is 6.77. The molecule has 18 heavy (non-hydrogen) atoms. The highest BCUT2D eigenvalue weighted by atomic mass is 14.9. The fourth-order valence-electron chi connectivity index (χ4n) is 1.97. The van der Waals surface area contributed by atoms with Crippen molar-refractivity contribution >= 4 is 0 Å². The van der Waals surface area contributed by atoms with Gasteiger partial charge in [0.15, 0.2) is 0 Å². The van der Waals surface area contributed by atoms with Gasteiger partial charge in [0.05, 0.1) is 0 Å². The van der Waals surface area contributed by atoms with Crippen LogP contribution < -0.4 is 10.6 Å². The van der Waals surface area contributed by atoms with E-state index in [2.05, 4.69) is 55.7 Å². The molecular weight excluding hydrogens is 220 g/mol. The zero-order chi connectivity index (χ0) is 13.2. The van der Waals surface area contributed by atoms with Gasteiger partial charge in [-0.2, -0.15) is 0 Å². The first kappa shape index (κ1) is 15.2. The fraction of sp³-hybridized carbons (Fsp3) is 0.625. The number of rotatable bonds is 9. The van der Waals surface area contributed by atoms with E-state index in [9.17, 15) is 0 Å². The fourth-order valence-corrected chi connectivity index (χ4v) is 1.97. The Morgan fingerprint density at radius 1 is 0.889 bits per heavy atom. The van der Waals surface area contributed by atoms with Crippen LogP contribution in [0.5, 0.6) is 0 Å². The summed E-state index contributed by atoms with van der Waals surface area (Å²) in [5, 5.41) is 6.87. The van der Waals surface area contributed by atoms with Crippen molar-refractivity contribution in [3.63, 3.8) is 0 Å². The molecule has 0 saturated carbocycles. The van der Waals surface area contributed by atoms with E-state index in [-0.39, 0.29) is 0 Å². The summed E-state index contributed by atoms with van der Waals surface area (Å²) in [5.41, 5.74) is 2.88. The molecule has 0 saturated heterocycles. The molecule has 2 nitrogen and oxygen atoms in total. The summed E-state index contributed by atoms with van der Waals surface area (Å²) in [7, 11) is 0. The lowest BCUT2D eigenvalue weighted by atomic mass is 10.1. The van der Waals surface area contributed by atoms with Gasteiger partial charge < -0.3 is 10.6 Å². The Morgan fingerprint density at radius 2 is 1.50 bits per heavy atom. The molecule has 1 rings (SSSR count). The summed E-state index contributed by atoms with van der Waals surface area (Å²) in [4.78, 5) is 0. The van der Waals surface area contributed by atoms with Gasteiger partial charge in [0.25, 0.3) is 0 Å². The Balaban J connectivity index is 2.11. The first-order valence-electron chi connectivity index (χ1n) is 7.24. The maximum absolute atomic E-state index is 3.47. The number of hydrogen-bond acceptors (Lipinski definition) is 2. The molecule has 0 bridgehead atoms. The van der Waals surface area contributed by atoms with Gasteiger partial charge in [-0.05, 0) is 30.5 Å². The van der Waals surface area contributed by atoms with Crippen molar-refractivity contribution in [1.82, 2.24) is 10.6 Å². The minimum atomic E-state index is 0.581. The highest BCUT2D eigenvalue weighted by molar-refractivity contribution is 5.22. The van der Waals surface area contributed by atoms with E-state index in [0.717, 1.165) is 26.1 Å². The van der Waals surface area contributed by atoms with Crippen LogP contribution in [0.25, 0.3) is 0 Å². The molecule has 0 spiro atoms. The third-order valence-electron chi connectivity index (χ3n) is 3.01. The first-order valence-corrected chi connectivity index (χ1v) is 7.24. The largest absolute Gasteiger partial charge is 0.315 e. The summed E-state index contributed by atoms with van der Waals surface area (Å²) in [5.74, 6) is 0. The SMILES string of the molecule is CCCc1ccc(CCNCCNC(C)C)cc1. The van der Waals surface area contributed by atoms with Crippen molar-refractivity contribution in [2.24, 2.45) is 0 Å². The van der Waals surface area contributed by atoms with Crippen molar-refractivity contribution in [3.05, 3.63) is 35.4 Å². The lowest BCUT2D eigenvalue weighted by Gasteiger charge is -2.09. The van der Waals surface area contributed by atoms with Crippen LogP contribution in [0, 0.1) is 0 Å². The van der Waals surface area contributed by atoms with Crippen LogP contribution in [0.1, 0.15) is 38.3 Å². The van der Waals surface area contributed by atoms with Crippen LogP contribution in [-0.2, 0) is 12.8 Å². The molecule has 0 aromatic heterocycles. The van der Waals surface area contributed by atoms with Gasteiger partial charge in [0.1, 0.15) is 0 Å². The van der Waals surface area contributed by atoms with E-state index in [1.54, 1.807) is 0 Å². The predicted molar refractivity (Wildman–Crippen MR) is 80.1 cm³/mol. The molecule has 1 aromatic rings. The highest BCUT2D eigenvalue weighted by Gasteiger charge is 1.95. The molecular formula is C16H28N2. The van der Waals surface area contributed by atoms with E-state index >= 15 is 0 Å². The highest BCUT2D eigenvalue weighted by Crippen LogP contribution is 2.06. The minimum Gasteiger partial charge on any atom is -0.315 e. The predicted octanol–water partition coefficient (Wildman–Crippen LogP) is 2.77. The van der Waals surface area contributed by atoms with Gasteiger partial charge in [0, 0.05) is 19.1 Å². The number of nitrogens with one attached hydrogen (secondary N) is 2. The standard InChI is InChI=1S/C16H28N2/c1-4-5-15-6-8-16(9-7-15)10-11-17-12-13-18-14(2)3/h6-9,14,17-18H,4-5,10-13H2,1-3H3. The van der Waals surface area contributed by atoms with Crippen LogP contribution >= 0.6 is 0 Å². The Hall–Kier alpha value is -0.860. The maximum atomic E-state index is 3.47. The van der Waals surface area contributed by atoms with Gasteiger partial charge in [-0.1, -0.05) is 51.5 Å². The van der Waals surface area contributed by atoms with Gasteiger partial charge >= 0.3 is 0 Å². The lowest BCUT2D eigenvalue weighted by molar-refractivity contribution is 0.556. The average molecular weight is 248 g/mol. The summed E-state index contributed by atoms with van der Waals surface area (Å²) < 4.78 is 0. The molecule has 0 unspecified atom stereocenters. The molecule has 0 fully saturated rings. The molecule has 1 aromatic carbocycles.